The average Bonchev–Trinajstić information content (AvgIpc) is 2.18. The third-order valence-corrected chi connectivity index (χ3v) is 1.77. The molecule has 0 bridgehead atoms. The predicted octanol–water partition coefficient (Wildman–Crippen LogP) is 2.29. The van der Waals surface area contributed by atoms with E-state index in [1.807, 2.05) is 26.0 Å². The highest BCUT2D eigenvalue weighted by Crippen LogP contribution is 2.30. The maximum Gasteiger partial charge on any atom is 0.169 e. The molecule has 0 saturated heterocycles. The first-order valence-corrected chi connectivity index (χ1v) is 4.70. The van der Waals surface area contributed by atoms with Crippen molar-refractivity contribution in [2.45, 2.75) is 20.0 Å². The number of nitrogens with zero attached hydrogens (tertiary/aromatic N) is 1. The molecule has 15 heavy (non-hydrogen) atoms. The Bertz CT molecular complexity index is 348. The van der Waals surface area contributed by atoms with E-state index in [1.165, 1.54) is 6.21 Å². The van der Waals surface area contributed by atoms with E-state index < -0.39 is 0 Å². The van der Waals surface area contributed by atoms with Gasteiger partial charge in [0.25, 0.3) is 0 Å². The molecular weight excluding hydrogens is 194 g/mol. The van der Waals surface area contributed by atoms with Crippen molar-refractivity contribution >= 4 is 6.21 Å². The molecule has 0 atom stereocenters. The van der Waals surface area contributed by atoms with Crippen molar-refractivity contribution in [3.05, 3.63) is 23.8 Å². The summed E-state index contributed by atoms with van der Waals surface area (Å²) in [5.74, 6) is 1.22. The molecule has 0 saturated carbocycles. The van der Waals surface area contributed by atoms with Crippen molar-refractivity contribution < 1.29 is 14.7 Å². The summed E-state index contributed by atoms with van der Waals surface area (Å²) < 4.78 is 10.8. The number of ether oxygens (including phenoxy) is 2. The van der Waals surface area contributed by atoms with Crippen molar-refractivity contribution in [3.63, 3.8) is 0 Å². The molecule has 0 spiro atoms. The maximum absolute atomic E-state index is 8.49. The predicted molar refractivity (Wildman–Crippen MR) is 58.1 cm³/mol. The van der Waals surface area contributed by atoms with Crippen molar-refractivity contribution in [2.75, 3.05) is 7.11 Å². The average molecular weight is 209 g/mol. The van der Waals surface area contributed by atoms with E-state index in [0.29, 0.717) is 17.1 Å². The fourth-order valence-electron chi connectivity index (χ4n) is 1.26. The Balaban J connectivity index is 3.09. The molecule has 1 aromatic carbocycles. The molecule has 82 valence electrons. The maximum atomic E-state index is 8.49. The van der Waals surface area contributed by atoms with E-state index >= 15 is 0 Å². The van der Waals surface area contributed by atoms with Crippen molar-refractivity contribution in [2.24, 2.45) is 5.16 Å². The standard InChI is InChI=1S/C11H15NO3/c1-8(2)15-10-6-4-5-9(7-12-13)11(10)14-3/h4-8,13H,1-3H3/b12-7+. The van der Waals surface area contributed by atoms with Gasteiger partial charge in [-0.3, -0.25) is 0 Å². The third kappa shape index (κ3) is 2.87. The van der Waals surface area contributed by atoms with E-state index in [-0.39, 0.29) is 6.10 Å². The minimum Gasteiger partial charge on any atom is -0.492 e. The van der Waals surface area contributed by atoms with Crippen LogP contribution in [-0.4, -0.2) is 24.6 Å². The summed E-state index contributed by atoms with van der Waals surface area (Å²) >= 11 is 0. The van der Waals surface area contributed by atoms with E-state index in [0.717, 1.165) is 0 Å². The van der Waals surface area contributed by atoms with Crippen LogP contribution in [0.25, 0.3) is 0 Å². The second-order valence-electron chi connectivity index (χ2n) is 3.29. The van der Waals surface area contributed by atoms with Crippen LogP contribution < -0.4 is 9.47 Å². The lowest BCUT2D eigenvalue weighted by molar-refractivity contribution is 0.230. The lowest BCUT2D eigenvalue weighted by Gasteiger charge is -2.14. The van der Waals surface area contributed by atoms with E-state index in [9.17, 15) is 0 Å². The lowest BCUT2D eigenvalue weighted by Crippen LogP contribution is -2.07. The number of hydrogen-bond acceptors (Lipinski definition) is 4. The molecule has 0 unspecified atom stereocenters. The zero-order valence-corrected chi connectivity index (χ0v) is 9.10. The molecule has 0 amide bonds. The van der Waals surface area contributed by atoms with Crippen LogP contribution in [0.2, 0.25) is 0 Å². The van der Waals surface area contributed by atoms with Gasteiger partial charge in [0.15, 0.2) is 11.5 Å². The normalized spacial score (nSPS) is 10.9. The second kappa shape index (κ2) is 5.24. The number of para-hydroxylation sites is 1. The third-order valence-electron chi connectivity index (χ3n) is 1.77. The van der Waals surface area contributed by atoms with E-state index in [4.69, 9.17) is 14.7 Å². The van der Waals surface area contributed by atoms with E-state index in [1.54, 1.807) is 13.2 Å². The Morgan fingerprint density at radius 3 is 2.67 bits per heavy atom. The summed E-state index contributed by atoms with van der Waals surface area (Å²) in [5, 5.41) is 11.5. The van der Waals surface area contributed by atoms with Crippen LogP contribution in [0, 0.1) is 0 Å². The molecule has 0 aromatic heterocycles. The van der Waals surface area contributed by atoms with Gasteiger partial charge in [-0.25, -0.2) is 0 Å². The minimum atomic E-state index is 0.0696. The molecule has 0 aliphatic carbocycles. The number of oxime groups is 1. The van der Waals surface area contributed by atoms with Crippen LogP contribution in [0.1, 0.15) is 19.4 Å². The fourth-order valence-corrected chi connectivity index (χ4v) is 1.26. The number of benzene rings is 1. The van der Waals surface area contributed by atoms with Gasteiger partial charge < -0.3 is 14.7 Å². The van der Waals surface area contributed by atoms with Crippen LogP contribution in [0.5, 0.6) is 11.5 Å². The fraction of sp³-hybridized carbons (Fsp3) is 0.364. The smallest absolute Gasteiger partial charge is 0.169 e. The van der Waals surface area contributed by atoms with Crippen LogP contribution in [-0.2, 0) is 0 Å². The summed E-state index contributed by atoms with van der Waals surface area (Å²) in [7, 11) is 1.55. The Hall–Kier alpha value is -1.71. The quantitative estimate of drug-likeness (QED) is 0.470. The van der Waals surface area contributed by atoms with Crippen LogP contribution >= 0.6 is 0 Å². The van der Waals surface area contributed by atoms with Crippen molar-refractivity contribution in [1.29, 1.82) is 0 Å². The van der Waals surface area contributed by atoms with Crippen LogP contribution in [0.15, 0.2) is 23.4 Å². The Morgan fingerprint density at radius 2 is 2.13 bits per heavy atom. The Labute approximate surface area is 89.1 Å². The van der Waals surface area contributed by atoms with Gasteiger partial charge in [-0.15, -0.1) is 0 Å². The highest BCUT2D eigenvalue weighted by molar-refractivity contribution is 5.84. The first-order valence-electron chi connectivity index (χ1n) is 4.70. The zero-order chi connectivity index (χ0) is 11.3. The van der Waals surface area contributed by atoms with Gasteiger partial charge in [0.2, 0.25) is 0 Å². The molecule has 4 nitrogen and oxygen atoms in total. The molecular formula is C11H15NO3. The van der Waals surface area contributed by atoms with Gasteiger partial charge >= 0.3 is 0 Å². The largest absolute Gasteiger partial charge is 0.492 e. The summed E-state index contributed by atoms with van der Waals surface area (Å²) in [4.78, 5) is 0. The van der Waals surface area contributed by atoms with Gasteiger partial charge in [0, 0.05) is 5.56 Å². The summed E-state index contributed by atoms with van der Waals surface area (Å²) in [5.41, 5.74) is 0.679. The highest BCUT2D eigenvalue weighted by Gasteiger charge is 2.09. The Morgan fingerprint density at radius 1 is 1.40 bits per heavy atom. The molecule has 1 N–H and O–H groups in total. The monoisotopic (exact) mass is 209 g/mol. The van der Waals surface area contributed by atoms with Crippen LogP contribution in [0.3, 0.4) is 0 Å². The van der Waals surface area contributed by atoms with Crippen LogP contribution in [0.4, 0.5) is 0 Å². The first-order chi connectivity index (χ1) is 7.19. The molecule has 0 radical (unpaired) electrons. The topological polar surface area (TPSA) is 51.0 Å². The molecule has 0 aliphatic rings. The molecule has 4 heteroatoms. The molecule has 1 rings (SSSR count). The zero-order valence-electron chi connectivity index (χ0n) is 9.10. The van der Waals surface area contributed by atoms with Gasteiger partial charge in [-0.2, -0.15) is 0 Å². The van der Waals surface area contributed by atoms with Crippen molar-refractivity contribution in [1.82, 2.24) is 0 Å². The molecule has 0 heterocycles. The van der Waals surface area contributed by atoms with Crippen molar-refractivity contribution in [3.8, 4) is 11.5 Å². The number of methoxy groups -OCH3 is 1. The Kier molecular flexibility index (Phi) is 3.97. The van der Waals surface area contributed by atoms with Gasteiger partial charge in [-0.05, 0) is 26.0 Å². The minimum absolute atomic E-state index is 0.0696. The summed E-state index contributed by atoms with van der Waals surface area (Å²) in [6, 6.07) is 5.41. The van der Waals surface area contributed by atoms with E-state index in [2.05, 4.69) is 5.16 Å². The highest BCUT2D eigenvalue weighted by atomic mass is 16.5. The second-order valence-corrected chi connectivity index (χ2v) is 3.29. The lowest BCUT2D eigenvalue weighted by atomic mass is 10.2. The van der Waals surface area contributed by atoms with Gasteiger partial charge in [-0.1, -0.05) is 11.2 Å². The summed E-state index contributed by atoms with van der Waals surface area (Å²) in [6.45, 7) is 3.87. The molecule has 0 fully saturated rings. The van der Waals surface area contributed by atoms with Gasteiger partial charge in [0.05, 0.1) is 19.4 Å². The number of hydrogen-bond donors (Lipinski definition) is 1. The summed E-state index contributed by atoms with van der Waals surface area (Å²) in [6.07, 6.45) is 1.38. The van der Waals surface area contributed by atoms with Gasteiger partial charge in [0.1, 0.15) is 0 Å². The SMILES string of the molecule is COc1c(/C=N/O)cccc1OC(C)C. The first kappa shape index (κ1) is 11.4. The molecule has 0 aliphatic heterocycles. The number of rotatable bonds is 4. The molecule has 1 aromatic rings.